The highest BCUT2D eigenvalue weighted by atomic mass is 127. The van der Waals surface area contributed by atoms with E-state index in [1.54, 1.807) is 6.07 Å². The molecule has 0 aliphatic heterocycles. The maximum atomic E-state index is 12.4. The molecule has 0 heterocycles. The van der Waals surface area contributed by atoms with Gasteiger partial charge in [0, 0.05) is 14.6 Å². The first kappa shape index (κ1) is 12.5. The minimum atomic E-state index is 0.0469. The molecule has 1 amide bonds. The standard InChI is InChI=1S/C15H15ClINO/c16-9-3-4-11(17)10(6-9)15(19)18-14-12-7-1-2-8(5-7)13(12)14/h3-4,6-8,12-14H,1-2,5H2,(H,18,19). The van der Waals surface area contributed by atoms with Gasteiger partial charge in [0.1, 0.15) is 0 Å². The first-order valence-electron chi connectivity index (χ1n) is 6.91. The maximum absolute atomic E-state index is 12.4. The van der Waals surface area contributed by atoms with Gasteiger partial charge < -0.3 is 5.32 Å². The molecule has 4 unspecified atom stereocenters. The van der Waals surface area contributed by atoms with Crippen molar-refractivity contribution in [3.05, 3.63) is 32.4 Å². The van der Waals surface area contributed by atoms with E-state index >= 15 is 0 Å². The molecule has 2 nitrogen and oxygen atoms in total. The average molecular weight is 388 g/mol. The van der Waals surface area contributed by atoms with Crippen molar-refractivity contribution < 1.29 is 4.79 Å². The van der Waals surface area contributed by atoms with Gasteiger partial charge in [0.25, 0.3) is 5.91 Å². The predicted octanol–water partition coefficient (Wildman–Crippen LogP) is 3.72. The molecule has 3 fully saturated rings. The lowest BCUT2D eigenvalue weighted by atomic mass is 10.0. The van der Waals surface area contributed by atoms with Crippen LogP contribution < -0.4 is 5.32 Å². The topological polar surface area (TPSA) is 29.1 Å². The number of carbonyl (C=O) groups is 1. The highest BCUT2D eigenvalue weighted by Crippen LogP contribution is 2.65. The SMILES string of the molecule is O=C(NC1C2C3CCC(C3)C12)c1cc(Cl)ccc1I. The Morgan fingerprint density at radius 1 is 1.26 bits per heavy atom. The van der Waals surface area contributed by atoms with Gasteiger partial charge in [-0.05, 0) is 83.7 Å². The minimum Gasteiger partial charge on any atom is -0.349 e. The molecule has 0 spiro atoms. The van der Waals surface area contributed by atoms with Gasteiger partial charge >= 0.3 is 0 Å². The smallest absolute Gasteiger partial charge is 0.252 e. The normalized spacial score (nSPS) is 38.1. The number of fused-ring (bicyclic) bond motifs is 5. The first-order chi connectivity index (χ1) is 9.15. The van der Waals surface area contributed by atoms with E-state index in [0.717, 1.165) is 27.2 Å². The molecule has 4 atom stereocenters. The second-order valence-electron chi connectivity index (χ2n) is 6.11. The molecule has 0 aromatic heterocycles. The van der Waals surface area contributed by atoms with Gasteiger partial charge in [0.15, 0.2) is 0 Å². The van der Waals surface area contributed by atoms with Gasteiger partial charge in [0.05, 0.1) is 5.56 Å². The second-order valence-corrected chi connectivity index (χ2v) is 7.71. The summed E-state index contributed by atoms with van der Waals surface area (Å²) in [6.45, 7) is 0. The Balaban J connectivity index is 1.50. The Labute approximate surface area is 131 Å². The molecule has 1 aromatic carbocycles. The van der Waals surface area contributed by atoms with Crippen molar-refractivity contribution in [1.29, 1.82) is 0 Å². The molecule has 2 bridgehead atoms. The largest absolute Gasteiger partial charge is 0.349 e. The van der Waals surface area contributed by atoms with Crippen molar-refractivity contribution in [2.24, 2.45) is 23.7 Å². The van der Waals surface area contributed by atoms with Crippen LogP contribution in [0.15, 0.2) is 18.2 Å². The van der Waals surface area contributed by atoms with E-state index in [4.69, 9.17) is 11.6 Å². The van der Waals surface area contributed by atoms with Crippen molar-refractivity contribution in [3.63, 3.8) is 0 Å². The summed E-state index contributed by atoms with van der Waals surface area (Å²) in [6.07, 6.45) is 4.18. The Hall–Kier alpha value is -0.290. The quantitative estimate of drug-likeness (QED) is 0.770. The number of carbonyl (C=O) groups excluding carboxylic acids is 1. The molecule has 3 aliphatic rings. The van der Waals surface area contributed by atoms with E-state index in [0.29, 0.717) is 16.6 Å². The number of hydrogen-bond acceptors (Lipinski definition) is 1. The molecule has 3 saturated carbocycles. The van der Waals surface area contributed by atoms with Crippen LogP contribution in [0.1, 0.15) is 29.6 Å². The Morgan fingerprint density at radius 3 is 2.63 bits per heavy atom. The van der Waals surface area contributed by atoms with E-state index in [2.05, 4.69) is 27.9 Å². The lowest BCUT2D eigenvalue weighted by Gasteiger charge is -2.11. The zero-order chi connectivity index (χ0) is 13.1. The fraction of sp³-hybridized carbons (Fsp3) is 0.533. The molecule has 19 heavy (non-hydrogen) atoms. The van der Waals surface area contributed by atoms with Gasteiger partial charge in [-0.2, -0.15) is 0 Å². The maximum Gasteiger partial charge on any atom is 0.252 e. The molecule has 4 rings (SSSR count). The van der Waals surface area contributed by atoms with Crippen molar-refractivity contribution >= 4 is 40.1 Å². The van der Waals surface area contributed by atoms with Crippen molar-refractivity contribution in [2.75, 3.05) is 0 Å². The molecule has 100 valence electrons. The number of benzene rings is 1. The van der Waals surface area contributed by atoms with Crippen molar-refractivity contribution in [2.45, 2.75) is 25.3 Å². The molecule has 3 aliphatic carbocycles. The second kappa shape index (κ2) is 4.35. The Morgan fingerprint density at radius 2 is 1.95 bits per heavy atom. The molecule has 4 heteroatoms. The summed E-state index contributed by atoms with van der Waals surface area (Å²) < 4.78 is 0.966. The number of amides is 1. The number of hydrogen-bond donors (Lipinski definition) is 1. The van der Waals surface area contributed by atoms with Gasteiger partial charge in [-0.1, -0.05) is 11.6 Å². The third kappa shape index (κ3) is 1.92. The van der Waals surface area contributed by atoms with Crippen LogP contribution in [0.2, 0.25) is 5.02 Å². The van der Waals surface area contributed by atoms with Crippen LogP contribution in [0.5, 0.6) is 0 Å². The summed E-state index contributed by atoms with van der Waals surface area (Å²) in [4.78, 5) is 12.4. The summed E-state index contributed by atoms with van der Waals surface area (Å²) in [5, 5.41) is 3.87. The van der Waals surface area contributed by atoms with Gasteiger partial charge in [0.2, 0.25) is 0 Å². The van der Waals surface area contributed by atoms with Crippen LogP contribution in [0.4, 0.5) is 0 Å². The van der Waals surface area contributed by atoms with E-state index in [1.165, 1.54) is 19.3 Å². The van der Waals surface area contributed by atoms with Crippen LogP contribution in [0, 0.1) is 27.2 Å². The average Bonchev–Trinajstić information content (AvgIpc) is 2.80. The highest BCUT2D eigenvalue weighted by Gasteiger charge is 2.65. The molecule has 0 radical (unpaired) electrons. The molecule has 1 N–H and O–H groups in total. The zero-order valence-corrected chi connectivity index (χ0v) is 13.3. The molecule has 0 saturated heterocycles. The lowest BCUT2D eigenvalue weighted by Crippen LogP contribution is -2.30. The predicted molar refractivity (Wildman–Crippen MR) is 83.2 cm³/mol. The van der Waals surface area contributed by atoms with Gasteiger partial charge in [-0.25, -0.2) is 0 Å². The van der Waals surface area contributed by atoms with Crippen LogP contribution in [-0.4, -0.2) is 11.9 Å². The summed E-state index contributed by atoms with van der Waals surface area (Å²) in [5.41, 5.74) is 0.713. The van der Waals surface area contributed by atoms with Crippen LogP contribution >= 0.6 is 34.2 Å². The highest BCUT2D eigenvalue weighted by molar-refractivity contribution is 14.1. The molecule has 1 aromatic rings. The van der Waals surface area contributed by atoms with Gasteiger partial charge in [-0.3, -0.25) is 4.79 Å². The first-order valence-corrected chi connectivity index (χ1v) is 8.37. The minimum absolute atomic E-state index is 0.0469. The fourth-order valence-corrected chi connectivity index (χ4v) is 5.17. The monoisotopic (exact) mass is 387 g/mol. The molecular formula is C15H15ClINO. The van der Waals surface area contributed by atoms with Gasteiger partial charge in [-0.15, -0.1) is 0 Å². The van der Waals surface area contributed by atoms with Crippen molar-refractivity contribution in [3.8, 4) is 0 Å². The summed E-state index contributed by atoms with van der Waals surface area (Å²) in [7, 11) is 0. The fourth-order valence-electron chi connectivity index (χ4n) is 4.42. The summed E-state index contributed by atoms with van der Waals surface area (Å²) >= 11 is 8.18. The zero-order valence-electron chi connectivity index (χ0n) is 10.4. The third-order valence-corrected chi connectivity index (χ3v) is 6.38. The van der Waals surface area contributed by atoms with Crippen molar-refractivity contribution in [1.82, 2.24) is 5.32 Å². The Bertz CT molecular complexity index is 545. The lowest BCUT2D eigenvalue weighted by molar-refractivity contribution is 0.0943. The Kier molecular flexibility index (Phi) is 2.85. The van der Waals surface area contributed by atoms with Crippen LogP contribution in [-0.2, 0) is 0 Å². The van der Waals surface area contributed by atoms with E-state index in [1.807, 2.05) is 12.1 Å². The van der Waals surface area contributed by atoms with E-state index in [9.17, 15) is 4.79 Å². The number of rotatable bonds is 2. The molecular weight excluding hydrogens is 373 g/mol. The van der Waals surface area contributed by atoms with E-state index in [-0.39, 0.29) is 5.91 Å². The van der Waals surface area contributed by atoms with E-state index < -0.39 is 0 Å². The van der Waals surface area contributed by atoms with Crippen LogP contribution in [0.25, 0.3) is 0 Å². The number of nitrogens with one attached hydrogen (secondary N) is 1. The number of halogens is 2. The van der Waals surface area contributed by atoms with Crippen LogP contribution in [0.3, 0.4) is 0 Å². The third-order valence-electron chi connectivity index (χ3n) is 5.21. The summed E-state index contributed by atoms with van der Waals surface area (Å²) in [6, 6.07) is 5.93. The summed E-state index contributed by atoms with van der Waals surface area (Å²) in [5.74, 6) is 3.38.